The first-order valence-electron chi connectivity index (χ1n) is 4.93. The number of nitrogens with one attached hydrogen (secondary N) is 1. The summed E-state index contributed by atoms with van der Waals surface area (Å²) in [5.41, 5.74) is 0.359. The molecule has 17 heavy (non-hydrogen) atoms. The Labute approximate surface area is 102 Å². The second kappa shape index (κ2) is 4.67. The predicted molar refractivity (Wildman–Crippen MR) is 61.6 cm³/mol. The normalized spacial score (nSPS) is 10.5. The average Bonchev–Trinajstić information content (AvgIpc) is 2.67. The number of aromatic amines is 1. The highest BCUT2D eigenvalue weighted by molar-refractivity contribution is 7.99. The molecule has 1 aromatic carbocycles. The largest absolute Gasteiger partial charge is 0.295 e. The number of aromatic nitrogens is 3. The number of hydrogen-bond acceptors (Lipinski definition) is 4. The van der Waals surface area contributed by atoms with Crippen LogP contribution in [0.25, 0.3) is 0 Å². The van der Waals surface area contributed by atoms with Gasteiger partial charge in [0.25, 0.3) is 0 Å². The molecule has 0 aliphatic rings. The molecule has 1 heterocycles. The lowest BCUT2D eigenvalue weighted by atomic mass is 10.1. The fraction of sp³-hybridized carbons (Fsp3) is 0.182. The van der Waals surface area contributed by atoms with E-state index in [0.29, 0.717) is 21.4 Å². The molecule has 0 radical (unpaired) electrons. The summed E-state index contributed by atoms with van der Waals surface area (Å²) >= 11 is 1.12. The van der Waals surface area contributed by atoms with Crippen molar-refractivity contribution in [3.8, 4) is 0 Å². The number of H-pyrrole nitrogens is 1. The highest BCUT2D eigenvalue weighted by Crippen LogP contribution is 2.27. The number of rotatable bonds is 3. The second-order valence-electron chi connectivity index (χ2n) is 3.51. The number of Topliss-reactive ketones (excluding diaryl/α,β-unsaturated/α-hetero) is 1. The number of nitrogens with zero attached hydrogens (tertiary/aromatic N) is 2. The van der Waals surface area contributed by atoms with E-state index in [0.717, 1.165) is 11.8 Å². The molecule has 0 saturated carbocycles. The van der Waals surface area contributed by atoms with Gasteiger partial charge < -0.3 is 0 Å². The molecule has 0 bridgehead atoms. The van der Waals surface area contributed by atoms with Gasteiger partial charge in [-0.25, -0.2) is 9.37 Å². The van der Waals surface area contributed by atoms with Crippen molar-refractivity contribution in [3.05, 3.63) is 35.4 Å². The first-order chi connectivity index (χ1) is 8.06. The quantitative estimate of drug-likeness (QED) is 0.852. The SMILES string of the molecule is CC(=O)c1ccc(Sc2n[nH]c(C)n2)c(F)c1. The van der Waals surface area contributed by atoms with Crippen LogP contribution in [-0.4, -0.2) is 21.0 Å². The Bertz CT molecular complexity index is 568. The van der Waals surface area contributed by atoms with Crippen LogP contribution in [0.15, 0.2) is 28.3 Å². The zero-order valence-electron chi connectivity index (χ0n) is 9.32. The summed E-state index contributed by atoms with van der Waals surface area (Å²) in [5.74, 6) is 0.0765. The van der Waals surface area contributed by atoms with Crippen molar-refractivity contribution in [2.45, 2.75) is 23.9 Å². The van der Waals surface area contributed by atoms with Crippen LogP contribution in [0.4, 0.5) is 4.39 Å². The highest BCUT2D eigenvalue weighted by atomic mass is 32.2. The van der Waals surface area contributed by atoms with Gasteiger partial charge in [0.15, 0.2) is 5.78 Å². The molecular weight excluding hydrogens is 241 g/mol. The lowest BCUT2D eigenvalue weighted by Crippen LogP contribution is -1.93. The molecule has 2 rings (SSSR count). The summed E-state index contributed by atoms with van der Waals surface area (Å²) in [6.45, 7) is 3.17. The van der Waals surface area contributed by atoms with Gasteiger partial charge in [-0.15, -0.1) is 5.10 Å². The molecule has 88 valence electrons. The average molecular weight is 251 g/mol. The van der Waals surface area contributed by atoms with Crippen LogP contribution in [0.1, 0.15) is 23.1 Å². The summed E-state index contributed by atoms with van der Waals surface area (Å²) in [6, 6.07) is 4.37. The monoisotopic (exact) mass is 251 g/mol. The van der Waals surface area contributed by atoms with Crippen LogP contribution in [-0.2, 0) is 0 Å². The maximum absolute atomic E-state index is 13.7. The van der Waals surface area contributed by atoms with Crippen molar-refractivity contribution >= 4 is 17.5 Å². The third-order valence-electron chi connectivity index (χ3n) is 2.12. The second-order valence-corrected chi connectivity index (χ2v) is 4.52. The minimum absolute atomic E-state index is 0.158. The number of halogens is 1. The lowest BCUT2D eigenvalue weighted by molar-refractivity contribution is 0.101. The highest BCUT2D eigenvalue weighted by Gasteiger charge is 2.10. The van der Waals surface area contributed by atoms with Crippen molar-refractivity contribution in [2.24, 2.45) is 0 Å². The molecule has 1 N–H and O–H groups in total. The van der Waals surface area contributed by atoms with Crippen LogP contribution in [0.5, 0.6) is 0 Å². The summed E-state index contributed by atoms with van der Waals surface area (Å²) in [4.78, 5) is 15.5. The molecule has 0 saturated heterocycles. The van der Waals surface area contributed by atoms with E-state index in [1.54, 1.807) is 19.1 Å². The molecule has 1 aromatic heterocycles. The number of carbonyl (C=O) groups excluding carboxylic acids is 1. The Hall–Kier alpha value is -1.69. The van der Waals surface area contributed by atoms with Crippen molar-refractivity contribution < 1.29 is 9.18 Å². The van der Waals surface area contributed by atoms with E-state index in [2.05, 4.69) is 15.2 Å². The molecule has 0 fully saturated rings. The molecule has 2 aromatic rings. The fourth-order valence-electron chi connectivity index (χ4n) is 1.27. The predicted octanol–water partition coefficient (Wildman–Crippen LogP) is 2.61. The van der Waals surface area contributed by atoms with Crippen molar-refractivity contribution in [1.82, 2.24) is 15.2 Å². The van der Waals surface area contributed by atoms with Gasteiger partial charge in [-0.1, -0.05) is 6.07 Å². The van der Waals surface area contributed by atoms with Crippen molar-refractivity contribution in [1.29, 1.82) is 0 Å². The van der Waals surface area contributed by atoms with Crippen LogP contribution in [0, 0.1) is 12.7 Å². The summed E-state index contributed by atoms with van der Waals surface area (Å²) in [7, 11) is 0. The Morgan fingerprint density at radius 3 is 2.76 bits per heavy atom. The molecule has 0 atom stereocenters. The molecule has 0 unspecified atom stereocenters. The van der Waals surface area contributed by atoms with E-state index in [1.165, 1.54) is 13.0 Å². The Morgan fingerprint density at radius 1 is 1.47 bits per heavy atom. The summed E-state index contributed by atoms with van der Waals surface area (Å²) in [6.07, 6.45) is 0. The molecule has 6 heteroatoms. The maximum Gasteiger partial charge on any atom is 0.213 e. The first-order valence-corrected chi connectivity index (χ1v) is 5.75. The summed E-state index contributed by atoms with van der Waals surface area (Å²) < 4.78 is 13.7. The van der Waals surface area contributed by atoms with Gasteiger partial charge in [-0.05, 0) is 37.7 Å². The molecule has 0 spiro atoms. The van der Waals surface area contributed by atoms with E-state index in [1.807, 2.05) is 0 Å². The van der Waals surface area contributed by atoms with Gasteiger partial charge in [0.2, 0.25) is 5.16 Å². The Morgan fingerprint density at radius 2 is 2.24 bits per heavy atom. The van der Waals surface area contributed by atoms with Crippen LogP contribution in [0.2, 0.25) is 0 Å². The van der Waals surface area contributed by atoms with Gasteiger partial charge in [-0.3, -0.25) is 9.89 Å². The number of aryl methyl sites for hydroxylation is 1. The number of ketones is 1. The van der Waals surface area contributed by atoms with Gasteiger partial charge in [0.1, 0.15) is 11.6 Å². The zero-order chi connectivity index (χ0) is 12.4. The van der Waals surface area contributed by atoms with Gasteiger partial charge >= 0.3 is 0 Å². The van der Waals surface area contributed by atoms with Gasteiger partial charge in [0, 0.05) is 5.56 Å². The zero-order valence-corrected chi connectivity index (χ0v) is 10.1. The standard InChI is InChI=1S/C11H10FN3OS/c1-6(16)8-3-4-10(9(12)5-8)17-11-13-7(2)14-15-11/h3-5H,1-2H3,(H,13,14,15). The minimum Gasteiger partial charge on any atom is -0.295 e. The first kappa shape index (κ1) is 11.8. The molecule has 0 aliphatic carbocycles. The minimum atomic E-state index is -0.440. The van der Waals surface area contributed by atoms with Gasteiger partial charge in [0.05, 0.1) is 4.90 Å². The van der Waals surface area contributed by atoms with Crippen LogP contribution >= 0.6 is 11.8 Å². The van der Waals surface area contributed by atoms with E-state index >= 15 is 0 Å². The van der Waals surface area contributed by atoms with Crippen molar-refractivity contribution in [3.63, 3.8) is 0 Å². The van der Waals surface area contributed by atoms with E-state index in [9.17, 15) is 9.18 Å². The van der Waals surface area contributed by atoms with E-state index in [-0.39, 0.29) is 5.78 Å². The van der Waals surface area contributed by atoms with E-state index in [4.69, 9.17) is 0 Å². The number of hydrogen-bond donors (Lipinski definition) is 1. The van der Waals surface area contributed by atoms with Gasteiger partial charge in [-0.2, -0.15) is 0 Å². The maximum atomic E-state index is 13.7. The molecular formula is C11H10FN3OS. The molecule has 0 amide bonds. The Balaban J connectivity index is 2.25. The summed E-state index contributed by atoms with van der Waals surface area (Å²) in [5, 5.41) is 7.04. The Kier molecular flexibility index (Phi) is 3.23. The van der Waals surface area contributed by atoms with E-state index < -0.39 is 5.82 Å². The topological polar surface area (TPSA) is 58.6 Å². The number of benzene rings is 1. The van der Waals surface area contributed by atoms with Crippen LogP contribution in [0.3, 0.4) is 0 Å². The third kappa shape index (κ3) is 2.71. The number of carbonyl (C=O) groups is 1. The molecule has 0 aliphatic heterocycles. The third-order valence-corrected chi connectivity index (χ3v) is 3.03. The fourth-order valence-corrected chi connectivity index (χ4v) is 2.03. The van der Waals surface area contributed by atoms with Crippen molar-refractivity contribution in [2.75, 3.05) is 0 Å². The smallest absolute Gasteiger partial charge is 0.213 e. The molecule has 4 nitrogen and oxygen atoms in total. The lowest BCUT2D eigenvalue weighted by Gasteiger charge is -2.01. The van der Waals surface area contributed by atoms with Crippen LogP contribution < -0.4 is 0 Å².